The van der Waals surface area contributed by atoms with Crippen molar-refractivity contribution in [3.63, 3.8) is 0 Å². The van der Waals surface area contributed by atoms with Gasteiger partial charge in [-0.05, 0) is 77.0 Å². The Kier molecular flexibility index (Phi) is 51.3. The van der Waals surface area contributed by atoms with Gasteiger partial charge in [0.05, 0.1) is 0 Å². The van der Waals surface area contributed by atoms with E-state index in [1.807, 2.05) is 0 Å². The van der Waals surface area contributed by atoms with Gasteiger partial charge in [0.2, 0.25) is 0 Å². The Morgan fingerprint density at radius 2 is 0.615 bits per heavy atom. The summed E-state index contributed by atoms with van der Waals surface area (Å²) in [6.45, 7) is 6.50. The summed E-state index contributed by atoms with van der Waals surface area (Å²) in [5.41, 5.74) is 0. The van der Waals surface area contributed by atoms with Gasteiger partial charge in [-0.3, -0.25) is 14.4 Å². The Morgan fingerprint density at radius 3 is 1.00 bits per heavy atom. The molecule has 6 heteroatoms. The number of carbonyl (C=O) groups excluding carboxylic acids is 3. The molecule has 0 rings (SSSR count). The van der Waals surface area contributed by atoms with E-state index < -0.39 is 6.10 Å². The van der Waals surface area contributed by atoms with Crippen LogP contribution in [-0.2, 0) is 28.6 Å². The third-order valence-corrected chi connectivity index (χ3v) is 12.0. The normalized spacial score (nSPS) is 12.5. The molecule has 0 N–H and O–H groups in total. The van der Waals surface area contributed by atoms with Crippen molar-refractivity contribution in [2.24, 2.45) is 0 Å². The van der Waals surface area contributed by atoms with Gasteiger partial charge < -0.3 is 14.2 Å². The topological polar surface area (TPSA) is 78.9 Å². The lowest BCUT2D eigenvalue weighted by molar-refractivity contribution is -0.167. The zero-order valence-electron chi connectivity index (χ0n) is 43.0. The second kappa shape index (κ2) is 53.7. The van der Waals surface area contributed by atoms with E-state index >= 15 is 0 Å². The maximum atomic E-state index is 12.8. The van der Waals surface area contributed by atoms with E-state index in [9.17, 15) is 14.4 Å². The Bertz CT molecular complexity index is 1180. The van der Waals surface area contributed by atoms with Crippen LogP contribution in [0.25, 0.3) is 0 Å². The second-order valence-corrected chi connectivity index (χ2v) is 18.5. The molecule has 376 valence electrons. The van der Waals surface area contributed by atoms with Gasteiger partial charge in [0.25, 0.3) is 0 Å². The van der Waals surface area contributed by atoms with E-state index in [0.29, 0.717) is 19.3 Å². The molecular weight excluding hydrogens is 805 g/mol. The Morgan fingerprint density at radius 1 is 0.323 bits per heavy atom. The van der Waals surface area contributed by atoms with Gasteiger partial charge in [0.1, 0.15) is 13.2 Å². The van der Waals surface area contributed by atoms with Crippen molar-refractivity contribution in [3.8, 4) is 0 Å². The maximum Gasteiger partial charge on any atom is 0.306 e. The molecule has 65 heavy (non-hydrogen) atoms. The highest BCUT2D eigenvalue weighted by Gasteiger charge is 2.19. The summed E-state index contributed by atoms with van der Waals surface area (Å²) in [4.78, 5) is 38.0. The molecular formula is C59H104O6. The van der Waals surface area contributed by atoms with Crippen molar-refractivity contribution in [2.45, 2.75) is 284 Å². The molecule has 0 aromatic carbocycles. The average Bonchev–Trinajstić information content (AvgIpc) is 3.30. The SMILES string of the molecule is CC/C=C\C/C=C\C/C=C\C/C=C\CCCCCCCCCCC(=O)OCC(COC(=O)CCCCCCC/C=C\CCCC)OC(=O)CCCCCCCCCCCCCCCCC. The third kappa shape index (κ3) is 51.9. The lowest BCUT2D eigenvalue weighted by atomic mass is 10.0. The summed E-state index contributed by atoms with van der Waals surface area (Å²) >= 11 is 0. The Hall–Kier alpha value is -2.89. The summed E-state index contributed by atoms with van der Waals surface area (Å²) in [5, 5.41) is 0. The molecule has 0 amide bonds. The van der Waals surface area contributed by atoms with Gasteiger partial charge >= 0.3 is 17.9 Å². The largest absolute Gasteiger partial charge is 0.462 e. The summed E-state index contributed by atoms with van der Waals surface area (Å²) < 4.78 is 16.8. The van der Waals surface area contributed by atoms with Gasteiger partial charge in [-0.15, -0.1) is 0 Å². The molecule has 0 heterocycles. The third-order valence-electron chi connectivity index (χ3n) is 12.0. The fourth-order valence-electron chi connectivity index (χ4n) is 7.83. The summed E-state index contributed by atoms with van der Waals surface area (Å²) in [6, 6.07) is 0. The van der Waals surface area contributed by atoms with Crippen molar-refractivity contribution >= 4 is 17.9 Å². The highest BCUT2D eigenvalue weighted by Crippen LogP contribution is 2.16. The molecule has 0 spiro atoms. The zero-order chi connectivity index (χ0) is 47.2. The van der Waals surface area contributed by atoms with Gasteiger partial charge in [0.15, 0.2) is 6.10 Å². The molecule has 0 fully saturated rings. The molecule has 0 aromatic heterocycles. The standard InChI is InChI=1S/C59H104O6/c1-4-7-10-13-16-19-22-24-26-27-28-29-30-31-33-34-37-40-43-46-49-52-58(61)64-55-56(54-63-57(60)51-48-45-42-39-36-21-18-15-12-9-6-3)65-59(62)53-50-47-44-41-38-35-32-25-23-20-17-14-11-8-5-2/h7,10,15-16,18-19,24,26,28-29,56H,4-6,8-9,11-14,17,20-23,25,27,30-55H2,1-3H3/b10-7-,18-15-,19-16-,26-24-,29-28-. The van der Waals surface area contributed by atoms with Gasteiger partial charge in [-0.1, -0.05) is 242 Å². The number of esters is 3. The lowest BCUT2D eigenvalue weighted by Gasteiger charge is -2.18. The smallest absolute Gasteiger partial charge is 0.306 e. The quantitative estimate of drug-likeness (QED) is 0.0262. The van der Waals surface area contributed by atoms with Crippen LogP contribution in [0.4, 0.5) is 0 Å². The monoisotopic (exact) mass is 909 g/mol. The first-order valence-corrected chi connectivity index (χ1v) is 27.8. The molecule has 1 atom stereocenters. The van der Waals surface area contributed by atoms with E-state index in [1.165, 1.54) is 141 Å². The molecule has 0 aliphatic heterocycles. The van der Waals surface area contributed by atoms with Crippen molar-refractivity contribution in [2.75, 3.05) is 13.2 Å². The molecule has 0 saturated carbocycles. The Labute approximate surface area is 402 Å². The lowest BCUT2D eigenvalue weighted by Crippen LogP contribution is -2.30. The van der Waals surface area contributed by atoms with Crippen molar-refractivity contribution in [3.05, 3.63) is 60.8 Å². The van der Waals surface area contributed by atoms with Gasteiger partial charge in [-0.2, -0.15) is 0 Å². The predicted octanol–water partition coefficient (Wildman–Crippen LogP) is 18.4. The molecule has 0 bridgehead atoms. The first-order chi connectivity index (χ1) is 32.0. The molecule has 0 aliphatic carbocycles. The number of allylic oxidation sites excluding steroid dienone is 10. The summed E-state index contributed by atoms with van der Waals surface area (Å²) in [7, 11) is 0. The molecule has 1 unspecified atom stereocenters. The van der Waals surface area contributed by atoms with Crippen LogP contribution in [0.3, 0.4) is 0 Å². The number of rotatable bonds is 50. The number of hydrogen-bond donors (Lipinski definition) is 0. The minimum atomic E-state index is -0.778. The zero-order valence-corrected chi connectivity index (χ0v) is 43.0. The number of carbonyl (C=O) groups is 3. The minimum absolute atomic E-state index is 0.0789. The van der Waals surface area contributed by atoms with E-state index in [1.54, 1.807) is 0 Å². The fourth-order valence-corrected chi connectivity index (χ4v) is 7.83. The van der Waals surface area contributed by atoms with E-state index in [-0.39, 0.29) is 31.1 Å². The van der Waals surface area contributed by atoms with E-state index in [0.717, 1.165) is 96.3 Å². The fraction of sp³-hybridized carbons (Fsp3) is 0.780. The summed E-state index contributed by atoms with van der Waals surface area (Å²) in [6.07, 6.45) is 66.4. The molecule has 6 nitrogen and oxygen atoms in total. The van der Waals surface area contributed by atoms with Gasteiger partial charge in [0, 0.05) is 19.3 Å². The number of hydrogen-bond acceptors (Lipinski definition) is 6. The number of unbranched alkanes of at least 4 members (excludes halogenated alkanes) is 29. The van der Waals surface area contributed by atoms with Crippen LogP contribution in [0.5, 0.6) is 0 Å². The highest BCUT2D eigenvalue weighted by molar-refractivity contribution is 5.71. The minimum Gasteiger partial charge on any atom is -0.462 e. The van der Waals surface area contributed by atoms with Crippen LogP contribution in [0.1, 0.15) is 278 Å². The molecule has 0 aliphatic rings. The predicted molar refractivity (Wildman–Crippen MR) is 279 cm³/mol. The van der Waals surface area contributed by atoms with E-state index in [4.69, 9.17) is 14.2 Å². The summed E-state index contributed by atoms with van der Waals surface area (Å²) in [5.74, 6) is -0.886. The van der Waals surface area contributed by atoms with Crippen LogP contribution < -0.4 is 0 Å². The van der Waals surface area contributed by atoms with Crippen molar-refractivity contribution in [1.82, 2.24) is 0 Å². The first kappa shape index (κ1) is 62.1. The Balaban J connectivity index is 4.32. The van der Waals surface area contributed by atoms with Crippen LogP contribution in [-0.4, -0.2) is 37.2 Å². The average molecular weight is 909 g/mol. The van der Waals surface area contributed by atoms with Crippen LogP contribution in [0, 0.1) is 0 Å². The van der Waals surface area contributed by atoms with E-state index in [2.05, 4.69) is 81.5 Å². The van der Waals surface area contributed by atoms with Crippen LogP contribution in [0.15, 0.2) is 60.8 Å². The molecule has 0 radical (unpaired) electrons. The van der Waals surface area contributed by atoms with Crippen molar-refractivity contribution < 1.29 is 28.6 Å². The molecule has 0 aromatic rings. The van der Waals surface area contributed by atoms with Gasteiger partial charge in [-0.25, -0.2) is 0 Å². The molecule has 0 saturated heterocycles. The first-order valence-electron chi connectivity index (χ1n) is 27.8. The second-order valence-electron chi connectivity index (χ2n) is 18.5. The number of ether oxygens (including phenoxy) is 3. The van der Waals surface area contributed by atoms with Crippen LogP contribution in [0.2, 0.25) is 0 Å². The van der Waals surface area contributed by atoms with Crippen LogP contribution >= 0.6 is 0 Å². The maximum absolute atomic E-state index is 12.8. The van der Waals surface area contributed by atoms with Crippen molar-refractivity contribution in [1.29, 1.82) is 0 Å². The highest BCUT2D eigenvalue weighted by atomic mass is 16.6.